The Morgan fingerprint density at radius 2 is 2.22 bits per heavy atom. The zero-order valence-corrected chi connectivity index (χ0v) is 5.85. The quantitative estimate of drug-likeness (QED) is 0.430. The molecular formula is C9H12. The Kier molecular flexibility index (Phi) is 0.564. The predicted molar refractivity (Wildman–Crippen MR) is 37.0 cm³/mol. The second-order valence-electron chi connectivity index (χ2n) is 3.87. The van der Waals surface area contributed by atoms with E-state index in [0.29, 0.717) is 0 Å². The summed E-state index contributed by atoms with van der Waals surface area (Å²) in [5.41, 5.74) is 3.64. The highest BCUT2D eigenvalue weighted by Crippen LogP contribution is 2.64. The summed E-state index contributed by atoms with van der Waals surface area (Å²) in [6.45, 7) is 2.33. The molecule has 0 nitrogen and oxygen atoms in total. The van der Waals surface area contributed by atoms with E-state index >= 15 is 0 Å². The van der Waals surface area contributed by atoms with E-state index in [2.05, 4.69) is 6.92 Å². The van der Waals surface area contributed by atoms with E-state index in [-0.39, 0.29) is 0 Å². The van der Waals surface area contributed by atoms with Crippen LogP contribution in [0.5, 0.6) is 0 Å². The Morgan fingerprint density at radius 3 is 2.67 bits per heavy atom. The third kappa shape index (κ3) is 0.357. The molecule has 3 aliphatic carbocycles. The van der Waals surface area contributed by atoms with Crippen LogP contribution in [0.4, 0.5) is 0 Å². The lowest BCUT2D eigenvalue weighted by molar-refractivity contribution is 0.239. The Bertz CT molecular complexity index is 200. The molecule has 0 radical (unpaired) electrons. The Hall–Kier alpha value is -0.260. The van der Waals surface area contributed by atoms with E-state index < -0.39 is 0 Å². The highest BCUT2D eigenvalue weighted by atomic mass is 14.6. The van der Waals surface area contributed by atoms with E-state index in [4.69, 9.17) is 0 Å². The SMILES string of the molecule is CC1=C2C1CC1CCC21. The van der Waals surface area contributed by atoms with Crippen molar-refractivity contribution in [2.45, 2.75) is 26.2 Å². The molecule has 48 valence electrons. The van der Waals surface area contributed by atoms with E-state index in [1.165, 1.54) is 19.3 Å². The van der Waals surface area contributed by atoms with Crippen LogP contribution in [-0.4, -0.2) is 0 Å². The van der Waals surface area contributed by atoms with E-state index in [1.807, 2.05) is 5.57 Å². The summed E-state index contributed by atoms with van der Waals surface area (Å²) in [5.74, 6) is 3.27. The van der Waals surface area contributed by atoms with Crippen LogP contribution in [0.15, 0.2) is 11.1 Å². The van der Waals surface area contributed by atoms with Crippen LogP contribution in [-0.2, 0) is 0 Å². The van der Waals surface area contributed by atoms with Gasteiger partial charge in [-0.3, -0.25) is 0 Å². The van der Waals surface area contributed by atoms with Gasteiger partial charge in [0.15, 0.2) is 0 Å². The smallest absolute Gasteiger partial charge is 0.00157 e. The molecule has 0 aromatic rings. The van der Waals surface area contributed by atoms with E-state index in [9.17, 15) is 0 Å². The van der Waals surface area contributed by atoms with Crippen LogP contribution in [0.25, 0.3) is 0 Å². The number of rotatable bonds is 0. The van der Waals surface area contributed by atoms with Crippen molar-refractivity contribution in [1.82, 2.24) is 0 Å². The molecule has 3 unspecified atom stereocenters. The minimum atomic E-state index is 1.03. The minimum Gasteiger partial charge on any atom is -0.0660 e. The summed E-state index contributed by atoms with van der Waals surface area (Å²) in [7, 11) is 0. The van der Waals surface area contributed by atoms with Crippen LogP contribution in [0.1, 0.15) is 26.2 Å². The summed E-state index contributed by atoms with van der Waals surface area (Å²) < 4.78 is 0. The molecule has 0 aromatic carbocycles. The zero-order chi connectivity index (χ0) is 6.01. The maximum Gasteiger partial charge on any atom is 0.00157 e. The molecule has 3 aliphatic rings. The summed E-state index contributed by atoms with van der Waals surface area (Å²) >= 11 is 0. The molecule has 0 amide bonds. The topological polar surface area (TPSA) is 0 Å². The summed E-state index contributed by atoms with van der Waals surface area (Å²) in [6.07, 6.45) is 4.59. The standard InChI is InChI=1S/C9H12/c1-5-8-4-6-2-3-7(6)9(5)8/h6-8H,2-4H2,1H3. The summed E-state index contributed by atoms with van der Waals surface area (Å²) in [5, 5.41) is 0. The largest absolute Gasteiger partial charge is 0.0660 e. The maximum absolute atomic E-state index is 2.33. The van der Waals surface area contributed by atoms with Gasteiger partial charge in [0.25, 0.3) is 0 Å². The monoisotopic (exact) mass is 120 g/mol. The highest BCUT2D eigenvalue weighted by Gasteiger charge is 2.52. The van der Waals surface area contributed by atoms with Gasteiger partial charge in [-0.1, -0.05) is 11.1 Å². The number of allylic oxidation sites excluding steroid dienone is 2. The average Bonchev–Trinajstić information content (AvgIpc) is 2.25. The van der Waals surface area contributed by atoms with Crippen molar-refractivity contribution in [3.05, 3.63) is 11.1 Å². The Morgan fingerprint density at radius 1 is 1.33 bits per heavy atom. The molecule has 0 aliphatic heterocycles. The minimum absolute atomic E-state index is 1.03. The third-order valence-electron chi connectivity index (χ3n) is 3.63. The van der Waals surface area contributed by atoms with Crippen LogP contribution in [0.2, 0.25) is 0 Å². The fraction of sp³-hybridized carbons (Fsp3) is 0.778. The molecule has 0 aromatic heterocycles. The molecule has 2 fully saturated rings. The molecule has 3 atom stereocenters. The van der Waals surface area contributed by atoms with Crippen molar-refractivity contribution in [1.29, 1.82) is 0 Å². The number of hydrogen-bond donors (Lipinski definition) is 0. The summed E-state index contributed by atoms with van der Waals surface area (Å²) in [4.78, 5) is 0. The van der Waals surface area contributed by atoms with Crippen LogP contribution in [0, 0.1) is 17.8 Å². The molecule has 9 heavy (non-hydrogen) atoms. The Balaban J connectivity index is 1.99. The highest BCUT2D eigenvalue weighted by molar-refractivity contribution is 5.46. The van der Waals surface area contributed by atoms with Gasteiger partial charge in [0, 0.05) is 5.92 Å². The molecule has 0 bridgehead atoms. The molecular weight excluding hydrogens is 108 g/mol. The van der Waals surface area contributed by atoms with E-state index in [0.717, 1.165) is 17.8 Å². The molecule has 3 rings (SSSR count). The molecule has 0 spiro atoms. The second kappa shape index (κ2) is 1.12. The first kappa shape index (κ1) is 4.54. The van der Waals surface area contributed by atoms with Gasteiger partial charge >= 0.3 is 0 Å². The van der Waals surface area contributed by atoms with Crippen molar-refractivity contribution in [2.24, 2.45) is 17.8 Å². The van der Waals surface area contributed by atoms with Crippen LogP contribution in [0.3, 0.4) is 0 Å². The molecule has 0 N–H and O–H groups in total. The van der Waals surface area contributed by atoms with Gasteiger partial charge in [0.2, 0.25) is 0 Å². The van der Waals surface area contributed by atoms with Gasteiger partial charge in [0.05, 0.1) is 0 Å². The first-order valence-electron chi connectivity index (χ1n) is 4.08. The van der Waals surface area contributed by atoms with Crippen LogP contribution >= 0.6 is 0 Å². The Labute approximate surface area is 56.0 Å². The van der Waals surface area contributed by atoms with Crippen molar-refractivity contribution in [3.8, 4) is 0 Å². The van der Waals surface area contributed by atoms with Crippen LogP contribution < -0.4 is 0 Å². The molecule has 0 saturated heterocycles. The number of fused-ring (bicyclic) bond motifs is 3. The first-order chi connectivity index (χ1) is 4.38. The molecule has 0 heteroatoms. The van der Waals surface area contributed by atoms with Gasteiger partial charge in [-0.15, -0.1) is 0 Å². The van der Waals surface area contributed by atoms with Gasteiger partial charge in [-0.25, -0.2) is 0 Å². The predicted octanol–water partition coefficient (Wildman–Crippen LogP) is 2.36. The van der Waals surface area contributed by atoms with Crippen molar-refractivity contribution in [2.75, 3.05) is 0 Å². The number of hydrogen-bond acceptors (Lipinski definition) is 0. The average molecular weight is 120 g/mol. The van der Waals surface area contributed by atoms with Crippen molar-refractivity contribution < 1.29 is 0 Å². The van der Waals surface area contributed by atoms with Crippen molar-refractivity contribution in [3.63, 3.8) is 0 Å². The maximum atomic E-state index is 2.33. The first-order valence-corrected chi connectivity index (χ1v) is 4.08. The van der Waals surface area contributed by atoms with Gasteiger partial charge in [-0.2, -0.15) is 0 Å². The lowest BCUT2D eigenvalue weighted by Crippen LogP contribution is -2.20. The fourth-order valence-corrected chi connectivity index (χ4v) is 2.84. The molecule has 0 heterocycles. The summed E-state index contributed by atoms with van der Waals surface area (Å²) in [6, 6.07) is 0. The fourth-order valence-electron chi connectivity index (χ4n) is 2.84. The zero-order valence-electron chi connectivity index (χ0n) is 5.85. The molecule has 2 saturated carbocycles. The normalized spacial score (nSPS) is 52.3. The van der Waals surface area contributed by atoms with Gasteiger partial charge < -0.3 is 0 Å². The van der Waals surface area contributed by atoms with Gasteiger partial charge in [0.1, 0.15) is 0 Å². The van der Waals surface area contributed by atoms with E-state index in [1.54, 1.807) is 5.57 Å². The van der Waals surface area contributed by atoms with Crippen molar-refractivity contribution >= 4 is 0 Å². The van der Waals surface area contributed by atoms with Gasteiger partial charge in [-0.05, 0) is 38.0 Å². The second-order valence-corrected chi connectivity index (χ2v) is 3.87. The lowest BCUT2D eigenvalue weighted by Gasteiger charge is -2.30. The third-order valence-corrected chi connectivity index (χ3v) is 3.63. The lowest BCUT2D eigenvalue weighted by atomic mass is 9.74.